The maximum atomic E-state index is 11.6. The highest BCUT2D eigenvalue weighted by Gasteiger charge is 2.49. The number of fused-ring (bicyclic) bond motifs is 1. The van der Waals surface area contributed by atoms with E-state index in [-0.39, 0.29) is 0 Å². The van der Waals surface area contributed by atoms with Crippen LogP contribution in [0.2, 0.25) is 0 Å². The highest BCUT2D eigenvalue weighted by molar-refractivity contribution is 5.88. The summed E-state index contributed by atoms with van der Waals surface area (Å²) in [5.41, 5.74) is 7.76. The number of ether oxygens (including phenoxy) is 1. The Balaban J connectivity index is 1.47. The van der Waals surface area contributed by atoms with E-state index in [1.54, 1.807) is 29.3 Å². The zero-order chi connectivity index (χ0) is 26.6. The van der Waals surface area contributed by atoms with Crippen LogP contribution in [0.15, 0.2) is 71.3 Å². The summed E-state index contributed by atoms with van der Waals surface area (Å²) in [5.74, 6) is 0.623. The van der Waals surface area contributed by atoms with Gasteiger partial charge in [-0.2, -0.15) is 0 Å². The molecule has 0 amide bonds. The van der Waals surface area contributed by atoms with Crippen LogP contribution in [0.1, 0.15) is 101 Å². The highest BCUT2D eigenvalue weighted by atomic mass is 16.5. The fourth-order valence-electron chi connectivity index (χ4n) is 7.15. The van der Waals surface area contributed by atoms with E-state index < -0.39 is 5.97 Å². The molecule has 2 aromatic carbocycles. The van der Waals surface area contributed by atoms with Gasteiger partial charge < -0.3 is 9.84 Å². The summed E-state index contributed by atoms with van der Waals surface area (Å²) in [6.45, 7) is 12.6. The maximum Gasteiger partial charge on any atom is 0.335 e. The van der Waals surface area contributed by atoms with Gasteiger partial charge in [-0.3, -0.25) is 0 Å². The molecule has 1 saturated carbocycles. The standard InChI is InChI=1S/C34H44O3/c1-24(13-17-29-25(2)14-19-31-33(3,4)20-9-21-34(29,31)5)12-15-27-22-28(32(35)36)16-18-30(27)37-23-26-10-7-6-8-11-26/h6-8,10-12,16,18,22,31H,9,13-15,17,19-21,23H2,1-5H3,(H,35,36)/b24-12+/t31-,34+/m1/s1. The normalized spacial score (nSPS) is 23.5. The van der Waals surface area contributed by atoms with Crippen molar-refractivity contribution in [3.8, 4) is 5.75 Å². The third kappa shape index (κ3) is 6.20. The number of benzene rings is 2. The SMILES string of the molecule is CC1=C(CC/C(C)=C/Cc2cc(C(=O)O)ccc2OCc2ccccc2)[C@]2(C)CCCC(C)(C)[C@H]2CC1. The van der Waals surface area contributed by atoms with Crippen molar-refractivity contribution in [2.75, 3.05) is 0 Å². The van der Waals surface area contributed by atoms with Crippen LogP contribution in [-0.2, 0) is 13.0 Å². The van der Waals surface area contributed by atoms with Crippen molar-refractivity contribution in [2.45, 2.75) is 92.6 Å². The molecule has 0 aromatic heterocycles. The van der Waals surface area contributed by atoms with Crippen molar-refractivity contribution in [1.82, 2.24) is 0 Å². The summed E-state index contributed by atoms with van der Waals surface area (Å²) >= 11 is 0. The molecule has 1 N–H and O–H groups in total. The molecule has 4 rings (SSSR count). The van der Waals surface area contributed by atoms with Crippen LogP contribution in [0.25, 0.3) is 0 Å². The van der Waals surface area contributed by atoms with Crippen molar-refractivity contribution in [3.05, 3.63) is 88.0 Å². The van der Waals surface area contributed by atoms with Gasteiger partial charge in [-0.05, 0) is 105 Å². The van der Waals surface area contributed by atoms with Gasteiger partial charge in [0.25, 0.3) is 0 Å². The fraction of sp³-hybridized carbons (Fsp3) is 0.500. The van der Waals surface area contributed by atoms with Gasteiger partial charge in [-0.25, -0.2) is 4.79 Å². The molecule has 2 aromatic rings. The van der Waals surface area contributed by atoms with E-state index >= 15 is 0 Å². The minimum atomic E-state index is -0.908. The molecule has 0 bridgehead atoms. The van der Waals surface area contributed by atoms with E-state index in [2.05, 4.69) is 40.7 Å². The minimum absolute atomic E-state index is 0.301. The van der Waals surface area contributed by atoms with Crippen molar-refractivity contribution in [2.24, 2.45) is 16.7 Å². The second-order valence-corrected chi connectivity index (χ2v) is 12.3. The van der Waals surface area contributed by atoms with Gasteiger partial charge in [-0.1, -0.05) is 80.3 Å². The lowest BCUT2D eigenvalue weighted by atomic mass is 9.50. The number of carboxylic acid groups (broad SMARTS) is 1. The summed E-state index contributed by atoms with van der Waals surface area (Å²) in [6, 6.07) is 15.3. The third-order valence-corrected chi connectivity index (χ3v) is 9.23. The number of carboxylic acids is 1. The monoisotopic (exact) mass is 500 g/mol. The van der Waals surface area contributed by atoms with Gasteiger partial charge in [-0.15, -0.1) is 0 Å². The van der Waals surface area contributed by atoms with Gasteiger partial charge >= 0.3 is 5.97 Å². The first-order valence-corrected chi connectivity index (χ1v) is 14.0. The third-order valence-electron chi connectivity index (χ3n) is 9.23. The quantitative estimate of drug-likeness (QED) is 0.349. The number of allylic oxidation sites excluding steroid dienone is 4. The van der Waals surface area contributed by atoms with E-state index in [1.807, 2.05) is 30.3 Å². The first kappa shape index (κ1) is 27.2. The maximum absolute atomic E-state index is 11.6. The van der Waals surface area contributed by atoms with Gasteiger partial charge in [0.1, 0.15) is 12.4 Å². The zero-order valence-corrected chi connectivity index (χ0v) is 23.4. The average molecular weight is 501 g/mol. The summed E-state index contributed by atoms with van der Waals surface area (Å²) in [5, 5.41) is 9.53. The number of hydrogen-bond acceptors (Lipinski definition) is 2. The van der Waals surface area contributed by atoms with Crippen molar-refractivity contribution < 1.29 is 14.6 Å². The summed E-state index contributed by atoms with van der Waals surface area (Å²) in [6.07, 6.45) is 11.7. The predicted octanol–water partition coefficient (Wildman–Crippen LogP) is 9.18. The Bertz CT molecular complexity index is 1170. The van der Waals surface area contributed by atoms with E-state index in [9.17, 15) is 9.90 Å². The van der Waals surface area contributed by atoms with Gasteiger partial charge in [0.15, 0.2) is 0 Å². The van der Waals surface area contributed by atoms with Crippen molar-refractivity contribution in [3.63, 3.8) is 0 Å². The van der Waals surface area contributed by atoms with Crippen LogP contribution in [0, 0.1) is 16.7 Å². The van der Waals surface area contributed by atoms with Crippen LogP contribution in [0.4, 0.5) is 0 Å². The molecule has 3 heteroatoms. The Morgan fingerprint density at radius 1 is 1.11 bits per heavy atom. The first-order chi connectivity index (χ1) is 17.6. The lowest BCUT2D eigenvalue weighted by Gasteiger charge is -2.55. The molecule has 0 spiro atoms. The first-order valence-electron chi connectivity index (χ1n) is 14.0. The molecule has 0 saturated heterocycles. The fourth-order valence-corrected chi connectivity index (χ4v) is 7.15. The Morgan fingerprint density at radius 2 is 1.86 bits per heavy atom. The van der Waals surface area contributed by atoms with Crippen LogP contribution in [0.5, 0.6) is 5.75 Å². The molecular weight excluding hydrogens is 456 g/mol. The number of aromatic carboxylic acids is 1. The van der Waals surface area contributed by atoms with Gasteiger partial charge in [0.2, 0.25) is 0 Å². The molecule has 2 atom stereocenters. The van der Waals surface area contributed by atoms with Crippen LogP contribution in [0.3, 0.4) is 0 Å². The minimum Gasteiger partial charge on any atom is -0.489 e. The van der Waals surface area contributed by atoms with E-state index in [1.165, 1.54) is 37.7 Å². The van der Waals surface area contributed by atoms with Crippen LogP contribution in [-0.4, -0.2) is 11.1 Å². The largest absolute Gasteiger partial charge is 0.489 e. The molecular formula is C34H44O3. The number of rotatable bonds is 9. The van der Waals surface area contributed by atoms with Gasteiger partial charge in [0, 0.05) is 0 Å². The molecule has 3 nitrogen and oxygen atoms in total. The average Bonchev–Trinajstić information content (AvgIpc) is 2.86. The summed E-state index contributed by atoms with van der Waals surface area (Å²) in [7, 11) is 0. The van der Waals surface area contributed by atoms with E-state index in [0.29, 0.717) is 29.4 Å². The Hall–Kier alpha value is -2.81. The Labute approximate surface area is 223 Å². The summed E-state index contributed by atoms with van der Waals surface area (Å²) in [4.78, 5) is 11.6. The second kappa shape index (κ2) is 11.3. The molecule has 2 aliphatic rings. The molecule has 0 aliphatic heterocycles. The highest BCUT2D eigenvalue weighted by Crippen LogP contribution is 2.60. The molecule has 1 fully saturated rings. The second-order valence-electron chi connectivity index (χ2n) is 12.3. The molecule has 0 unspecified atom stereocenters. The molecule has 2 aliphatic carbocycles. The molecule has 198 valence electrons. The Morgan fingerprint density at radius 3 is 2.59 bits per heavy atom. The van der Waals surface area contributed by atoms with Crippen molar-refractivity contribution in [1.29, 1.82) is 0 Å². The van der Waals surface area contributed by atoms with Crippen LogP contribution >= 0.6 is 0 Å². The smallest absolute Gasteiger partial charge is 0.335 e. The van der Waals surface area contributed by atoms with E-state index in [0.717, 1.165) is 35.6 Å². The zero-order valence-electron chi connectivity index (χ0n) is 23.4. The van der Waals surface area contributed by atoms with Crippen LogP contribution < -0.4 is 4.74 Å². The molecule has 0 heterocycles. The summed E-state index contributed by atoms with van der Waals surface area (Å²) < 4.78 is 6.12. The van der Waals surface area contributed by atoms with Crippen molar-refractivity contribution >= 4 is 5.97 Å². The lowest BCUT2D eigenvalue weighted by molar-refractivity contribution is 0.0105. The van der Waals surface area contributed by atoms with E-state index in [4.69, 9.17) is 4.74 Å². The molecule has 0 radical (unpaired) electrons. The topological polar surface area (TPSA) is 46.5 Å². The lowest BCUT2D eigenvalue weighted by Crippen LogP contribution is -2.45. The van der Waals surface area contributed by atoms with Gasteiger partial charge in [0.05, 0.1) is 5.56 Å². The predicted molar refractivity (Wildman–Crippen MR) is 152 cm³/mol. The molecule has 37 heavy (non-hydrogen) atoms. The number of hydrogen-bond donors (Lipinski definition) is 1. The number of carbonyl (C=O) groups is 1. The Kier molecular flexibility index (Phi) is 8.31.